The van der Waals surface area contributed by atoms with Gasteiger partial charge in [-0.1, -0.05) is 37.6 Å². The van der Waals surface area contributed by atoms with Gasteiger partial charge in [-0.2, -0.15) is 0 Å². The maximum atomic E-state index is 12.5. The van der Waals surface area contributed by atoms with Crippen LogP contribution in [0.5, 0.6) is 0 Å². The highest BCUT2D eigenvalue weighted by molar-refractivity contribution is 6.01. The number of amides is 1. The number of carbonyl (C=O) groups excluding carboxylic acids is 2. The van der Waals surface area contributed by atoms with Crippen LogP contribution in [0.4, 0.5) is 5.82 Å². The predicted molar refractivity (Wildman–Crippen MR) is 124 cm³/mol. The molecule has 3 aromatic rings. The number of anilines is 1. The summed E-state index contributed by atoms with van der Waals surface area (Å²) in [5, 5.41) is 0.525. The van der Waals surface area contributed by atoms with Crippen molar-refractivity contribution in [3.63, 3.8) is 0 Å². The number of nitrogen functional groups attached to an aromatic ring is 1. The van der Waals surface area contributed by atoms with Crippen molar-refractivity contribution in [3.8, 4) is 0 Å². The molecule has 1 fully saturated rings. The second-order valence-electron chi connectivity index (χ2n) is 8.48. The SMILES string of the molecule is CCCCC(=O)c1nc(N)c2cc(C(N)=O)n(Cc3ccc(CN4CCCC4)cc3)c2n1. The first kappa shape index (κ1) is 22.0. The van der Waals surface area contributed by atoms with Gasteiger partial charge in [0.25, 0.3) is 5.91 Å². The summed E-state index contributed by atoms with van der Waals surface area (Å²) in [6.07, 6.45) is 4.56. The van der Waals surface area contributed by atoms with E-state index in [2.05, 4.69) is 39.1 Å². The van der Waals surface area contributed by atoms with Crippen LogP contribution in [0.25, 0.3) is 11.0 Å². The lowest BCUT2D eigenvalue weighted by atomic mass is 10.1. The first-order valence-corrected chi connectivity index (χ1v) is 11.3. The zero-order chi connectivity index (χ0) is 22.7. The van der Waals surface area contributed by atoms with Crippen molar-refractivity contribution in [2.75, 3.05) is 18.8 Å². The molecule has 0 radical (unpaired) electrons. The molecule has 0 aliphatic carbocycles. The molecule has 0 unspecified atom stereocenters. The van der Waals surface area contributed by atoms with E-state index in [-0.39, 0.29) is 17.4 Å². The van der Waals surface area contributed by atoms with E-state index in [1.54, 1.807) is 10.6 Å². The number of primary amides is 1. The third kappa shape index (κ3) is 4.65. The average molecular weight is 435 g/mol. The molecule has 0 saturated carbocycles. The Bertz CT molecular complexity index is 1130. The summed E-state index contributed by atoms with van der Waals surface area (Å²) < 4.78 is 1.72. The Hall–Kier alpha value is -3.26. The van der Waals surface area contributed by atoms with Gasteiger partial charge in [-0.25, -0.2) is 9.97 Å². The minimum Gasteiger partial charge on any atom is -0.383 e. The molecule has 1 saturated heterocycles. The predicted octanol–water partition coefficient (Wildman–Crippen LogP) is 3.13. The van der Waals surface area contributed by atoms with Gasteiger partial charge in [-0.15, -0.1) is 0 Å². The summed E-state index contributed by atoms with van der Waals surface area (Å²) in [7, 11) is 0. The molecule has 8 heteroatoms. The Labute approximate surface area is 187 Å². The van der Waals surface area contributed by atoms with E-state index < -0.39 is 5.91 Å². The number of hydrogen-bond acceptors (Lipinski definition) is 6. The summed E-state index contributed by atoms with van der Waals surface area (Å²) in [5.41, 5.74) is 14.8. The Morgan fingerprint density at radius 3 is 2.31 bits per heavy atom. The van der Waals surface area contributed by atoms with Crippen LogP contribution in [0.1, 0.15) is 71.3 Å². The lowest BCUT2D eigenvalue weighted by molar-refractivity contribution is 0.0968. The van der Waals surface area contributed by atoms with Crippen LogP contribution in [-0.2, 0) is 13.1 Å². The number of carbonyl (C=O) groups is 2. The van der Waals surface area contributed by atoms with E-state index in [1.807, 2.05) is 6.92 Å². The molecule has 1 aliphatic heterocycles. The first-order valence-electron chi connectivity index (χ1n) is 11.3. The average Bonchev–Trinajstić information content (AvgIpc) is 3.42. The van der Waals surface area contributed by atoms with Crippen LogP contribution in [-0.4, -0.2) is 44.2 Å². The molecule has 2 aromatic heterocycles. The quantitative estimate of drug-likeness (QED) is 0.499. The maximum Gasteiger partial charge on any atom is 0.265 e. The molecule has 4 N–H and O–H groups in total. The van der Waals surface area contributed by atoms with Crippen LogP contribution < -0.4 is 11.5 Å². The van der Waals surface area contributed by atoms with E-state index in [0.29, 0.717) is 29.7 Å². The van der Waals surface area contributed by atoms with Crippen molar-refractivity contribution in [3.05, 3.63) is 53.0 Å². The van der Waals surface area contributed by atoms with Crippen LogP contribution in [0.3, 0.4) is 0 Å². The van der Waals surface area contributed by atoms with Gasteiger partial charge < -0.3 is 16.0 Å². The Kier molecular flexibility index (Phi) is 6.50. The number of unbranched alkanes of at least 4 members (excludes halogenated alkanes) is 1. The normalized spacial score (nSPS) is 14.3. The number of nitrogens with two attached hydrogens (primary N) is 2. The van der Waals surface area contributed by atoms with Crippen molar-refractivity contribution in [1.29, 1.82) is 0 Å². The maximum absolute atomic E-state index is 12.5. The van der Waals surface area contributed by atoms with Crippen LogP contribution >= 0.6 is 0 Å². The molecule has 0 spiro atoms. The third-order valence-corrected chi connectivity index (χ3v) is 6.01. The standard InChI is InChI=1S/C24H30N6O2/c1-2-3-6-20(31)23-27-21(25)18-13-19(22(26)32)30(24(18)28-23)15-17-9-7-16(8-10-17)14-29-11-4-5-12-29/h7-10,13H,2-6,11-12,14-15H2,1H3,(H2,26,32)(H2,25,27,28). The summed E-state index contributed by atoms with van der Waals surface area (Å²) in [4.78, 5) is 35.8. The van der Waals surface area contributed by atoms with Gasteiger partial charge in [0.1, 0.15) is 17.2 Å². The number of hydrogen-bond donors (Lipinski definition) is 2. The number of aromatic nitrogens is 3. The molecular formula is C24H30N6O2. The topological polar surface area (TPSA) is 120 Å². The van der Waals surface area contributed by atoms with Gasteiger partial charge in [0.15, 0.2) is 11.6 Å². The Balaban J connectivity index is 1.65. The van der Waals surface area contributed by atoms with Crippen LogP contribution in [0, 0.1) is 0 Å². The molecule has 1 aromatic carbocycles. The van der Waals surface area contributed by atoms with Gasteiger partial charge in [0.2, 0.25) is 0 Å². The second kappa shape index (κ2) is 9.48. The third-order valence-electron chi connectivity index (χ3n) is 6.01. The lowest BCUT2D eigenvalue weighted by Crippen LogP contribution is -2.19. The minimum atomic E-state index is -0.577. The van der Waals surface area contributed by atoms with Gasteiger partial charge in [-0.3, -0.25) is 14.5 Å². The highest BCUT2D eigenvalue weighted by atomic mass is 16.1. The largest absolute Gasteiger partial charge is 0.383 e. The molecule has 1 amide bonds. The number of Topliss-reactive ketones (excluding diaryl/α,β-unsaturated/α-hetero) is 1. The monoisotopic (exact) mass is 434 g/mol. The molecule has 8 nitrogen and oxygen atoms in total. The van der Waals surface area contributed by atoms with E-state index in [1.165, 1.54) is 18.4 Å². The molecule has 3 heterocycles. The zero-order valence-corrected chi connectivity index (χ0v) is 18.5. The number of ketones is 1. The lowest BCUT2D eigenvalue weighted by Gasteiger charge is -2.15. The summed E-state index contributed by atoms with van der Waals surface area (Å²) in [6, 6.07) is 9.95. The fraction of sp³-hybridized carbons (Fsp3) is 0.417. The second-order valence-corrected chi connectivity index (χ2v) is 8.48. The molecule has 1 aliphatic rings. The molecule has 4 rings (SSSR count). The number of fused-ring (bicyclic) bond motifs is 1. The van der Waals surface area contributed by atoms with Crippen molar-refractivity contribution < 1.29 is 9.59 Å². The smallest absolute Gasteiger partial charge is 0.265 e. The van der Waals surface area contributed by atoms with Crippen molar-refractivity contribution >= 4 is 28.5 Å². The van der Waals surface area contributed by atoms with Crippen molar-refractivity contribution in [1.82, 2.24) is 19.4 Å². The number of benzene rings is 1. The summed E-state index contributed by atoms with van der Waals surface area (Å²) >= 11 is 0. The van der Waals surface area contributed by atoms with E-state index in [4.69, 9.17) is 11.5 Å². The Morgan fingerprint density at radius 2 is 1.69 bits per heavy atom. The number of nitrogens with zero attached hydrogens (tertiary/aromatic N) is 4. The molecule has 168 valence electrons. The molecule has 32 heavy (non-hydrogen) atoms. The Morgan fingerprint density at radius 1 is 1.03 bits per heavy atom. The zero-order valence-electron chi connectivity index (χ0n) is 18.5. The molecular weight excluding hydrogens is 404 g/mol. The number of likely N-dealkylation sites (tertiary alicyclic amines) is 1. The fourth-order valence-corrected chi connectivity index (χ4v) is 4.22. The highest BCUT2D eigenvalue weighted by Gasteiger charge is 2.20. The summed E-state index contributed by atoms with van der Waals surface area (Å²) in [5.74, 6) is -0.469. The van der Waals surface area contributed by atoms with Gasteiger partial charge >= 0.3 is 0 Å². The van der Waals surface area contributed by atoms with E-state index >= 15 is 0 Å². The van der Waals surface area contributed by atoms with Crippen molar-refractivity contribution in [2.24, 2.45) is 5.73 Å². The van der Waals surface area contributed by atoms with Gasteiger partial charge in [0.05, 0.1) is 5.39 Å². The summed E-state index contributed by atoms with van der Waals surface area (Å²) in [6.45, 7) is 5.67. The molecule has 0 bridgehead atoms. The van der Waals surface area contributed by atoms with Gasteiger partial charge in [0, 0.05) is 19.5 Å². The van der Waals surface area contributed by atoms with Crippen LogP contribution in [0.15, 0.2) is 30.3 Å². The minimum absolute atomic E-state index is 0.0831. The van der Waals surface area contributed by atoms with E-state index in [0.717, 1.165) is 38.0 Å². The fourth-order valence-electron chi connectivity index (χ4n) is 4.22. The highest BCUT2D eigenvalue weighted by Crippen LogP contribution is 2.25. The van der Waals surface area contributed by atoms with Crippen molar-refractivity contribution in [2.45, 2.75) is 52.1 Å². The van der Waals surface area contributed by atoms with E-state index in [9.17, 15) is 9.59 Å². The molecule has 0 atom stereocenters. The van der Waals surface area contributed by atoms with Crippen LogP contribution in [0.2, 0.25) is 0 Å². The first-order chi connectivity index (χ1) is 15.5. The number of rotatable bonds is 9. The van der Waals surface area contributed by atoms with Gasteiger partial charge in [-0.05, 0) is 49.5 Å².